The first-order chi connectivity index (χ1) is 9.84. The maximum absolute atomic E-state index is 13.1. The fourth-order valence-corrected chi connectivity index (χ4v) is 2.56. The van der Waals surface area contributed by atoms with E-state index < -0.39 is 29.8 Å². The van der Waals surface area contributed by atoms with Gasteiger partial charge in [-0.3, -0.25) is 4.79 Å². The Labute approximate surface area is 120 Å². The Kier molecular flexibility index (Phi) is 4.24. The Balaban J connectivity index is 2.44. The fourth-order valence-electron chi connectivity index (χ4n) is 2.56. The van der Waals surface area contributed by atoms with Crippen LogP contribution in [0.1, 0.15) is 30.5 Å². The summed E-state index contributed by atoms with van der Waals surface area (Å²) in [6, 6.07) is 4.30. The smallest absolute Gasteiger partial charge is 0.391 e. The van der Waals surface area contributed by atoms with Crippen molar-refractivity contribution in [1.29, 1.82) is 0 Å². The number of nitrogens with zero attached hydrogens (tertiary/aromatic N) is 1. The SMILES string of the molecule is CC#CC(=O)N1C[C@H](O)C[C@@H]1c1ccccc1C(F)(F)F. The molecule has 0 radical (unpaired) electrons. The van der Waals surface area contributed by atoms with Gasteiger partial charge in [-0.25, -0.2) is 0 Å². The van der Waals surface area contributed by atoms with Crippen molar-refractivity contribution in [3.63, 3.8) is 0 Å². The van der Waals surface area contributed by atoms with E-state index in [-0.39, 0.29) is 18.5 Å². The molecule has 1 amide bonds. The highest BCUT2D eigenvalue weighted by molar-refractivity contribution is 5.94. The lowest BCUT2D eigenvalue weighted by atomic mass is 9.97. The first-order valence-electron chi connectivity index (χ1n) is 6.42. The summed E-state index contributed by atoms with van der Waals surface area (Å²) in [6.07, 6.45) is -5.28. The molecule has 112 valence electrons. The normalized spacial score (nSPS) is 21.9. The van der Waals surface area contributed by atoms with Gasteiger partial charge in [0, 0.05) is 6.54 Å². The van der Waals surface area contributed by atoms with Gasteiger partial charge in [0.25, 0.3) is 5.91 Å². The molecule has 2 rings (SSSR count). The molecule has 0 aliphatic carbocycles. The summed E-state index contributed by atoms with van der Waals surface area (Å²) < 4.78 is 39.2. The van der Waals surface area contributed by atoms with Gasteiger partial charge in [-0.05, 0) is 30.9 Å². The lowest BCUT2D eigenvalue weighted by molar-refractivity contribution is -0.139. The molecule has 1 heterocycles. The van der Waals surface area contributed by atoms with Gasteiger partial charge in [-0.15, -0.1) is 0 Å². The zero-order chi connectivity index (χ0) is 15.6. The third-order valence-corrected chi connectivity index (χ3v) is 3.40. The fraction of sp³-hybridized carbons (Fsp3) is 0.400. The van der Waals surface area contributed by atoms with Crippen molar-refractivity contribution in [2.45, 2.75) is 31.7 Å². The second kappa shape index (κ2) is 5.78. The van der Waals surface area contributed by atoms with E-state index in [2.05, 4.69) is 11.8 Å². The molecule has 0 bridgehead atoms. The number of likely N-dealkylation sites (tertiary alicyclic amines) is 1. The zero-order valence-electron chi connectivity index (χ0n) is 11.3. The van der Waals surface area contributed by atoms with Crippen LogP contribution in [0.2, 0.25) is 0 Å². The van der Waals surface area contributed by atoms with E-state index >= 15 is 0 Å². The predicted octanol–water partition coefficient (Wildman–Crippen LogP) is 2.36. The third kappa shape index (κ3) is 3.19. The molecule has 2 atom stereocenters. The molecule has 1 N–H and O–H groups in total. The van der Waals surface area contributed by atoms with Crippen LogP contribution in [-0.2, 0) is 11.0 Å². The molecule has 0 aromatic heterocycles. The summed E-state index contributed by atoms with van der Waals surface area (Å²) in [5.41, 5.74) is -0.792. The van der Waals surface area contributed by atoms with Gasteiger partial charge in [-0.1, -0.05) is 24.1 Å². The molecule has 1 saturated heterocycles. The van der Waals surface area contributed by atoms with E-state index in [1.54, 1.807) is 0 Å². The number of rotatable bonds is 1. The van der Waals surface area contributed by atoms with Crippen molar-refractivity contribution < 1.29 is 23.1 Å². The van der Waals surface area contributed by atoms with Crippen molar-refractivity contribution in [2.24, 2.45) is 0 Å². The van der Waals surface area contributed by atoms with E-state index in [9.17, 15) is 23.1 Å². The highest BCUT2D eigenvalue weighted by Crippen LogP contribution is 2.40. The standard InChI is InChI=1S/C15H14F3NO2/c1-2-5-14(21)19-9-10(20)8-13(19)11-6-3-4-7-12(11)15(16,17)18/h3-4,6-7,10,13,20H,8-9H2,1H3/t10-,13-/m1/s1. The van der Waals surface area contributed by atoms with Crippen LogP contribution < -0.4 is 0 Å². The summed E-state index contributed by atoms with van der Waals surface area (Å²) in [6.45, 7) is 1.47. The quantitative estimate of drug-likeness (QED) is 0.808. The number of amides is 1. The predicted molar refractivity (Wildman–Crippen MR) is 70.0 cm³/mol. The molecule has 1 aromatic rings. The lowest BCUT2D eigenvalue weighted by Gasteiger charge is -2.25. The Morgan fingerprint density at radius 2 is 2.05 bits per heavy atom. The van der Waals surface area contributed by atoms with E-state index in [4.69, 9.17) is 0 Å². The number of aliphatic hydroxyl groups excluding tert-OH is 1. The molecular formula is C15H14F3NO2. The molecular weight excluding hydrogens is 283 g/mol. The Morgan fingerprint density at radius 1 is 1.38 bits per heavy atom. The van der Waals surface area contributed by atoms with Gasteiger partial charge in [0.1, 0.15) is 0 Å². The number of β-amino-alcohol motifs (C(OH)–C–C–N with tert-alkyl or cyclic N) is 1. The van der Waals surface area contributed by atoms with E-state index in [1.807, 2.05) is 0 Å². The monoisotopic (exact) mass is 297 g/mol. The van der Waals surface area contributed by atoms with Crippen LogP contribution in [0.5, 0.6) is 0 Å². The third-order valence-electron chi connectivity index (χ3n) is 3.40. The molecule has 1 aliphatic heterocycles. The number of carbonyl (C=O) groups is 1. The number of carbonyl (C=O) groups excluding carboxylic acids is 1. The van der Waals surface area contributed by atoms with Crippen LogP contribution in [0.3, 0.4) is 0 Å². The first kappa shape index (κ1) is 15.4. The minimum atomic E-state index is -4.50. The molecule has 0 unspecified atom stereocenters. The summed E-state index contributed by atoms with van der Waals surface area (Å²) >= 11 is 0. The molecule has 6 heteroatoms. The number of hydrogen-bond acceptors (Lipinski definition) is 2. The largest absolute Gasteiger partial charge is 0.416 e. The summed E-state index contributed by atoms with van der Waals surface area (Å²) in [7, 11) is 0. The van der Waals surface area contributed by atoms with Crippen LogP contribution in [0.15, 0.2) is 24.3 Å². The van der Waals surface area contributed by atoms with Crippen molar-refractivity contribution in [3.05, 3.63) is 35.4 Å². The Morgan fingerprint density at radius 3 is 2.67 bits per heavy atom. The molecule has 1 aromatic carbocycles. The number of benzene rings is 1. The highest BCUT2D eigenvalue weighted by atomic mass is 19.4. The minimum Gasteiger partial charge on any atom is -0.391 e. The molecule has 1 fully saturated rings. The van der Waals surface area contributed by atoms with Crippen LogP contribution in [0.25, 0.3) is 0 Å². The van der Waals surface area contributed by atoms with Crippen LogP contribution in [-0.4, -0.2) is 28.6 Å². The van der Waals surface area contributed by atoms with Crippen molar-refractivity contribution in [1.82, 2.24) is 4.90 Å². The van der Waals surface area contributed by atoms with Crippen LogP contribution in [0, 0.1) is 11.8 Å². The van der Waals surface area contributed by atoms with Crippen LogP contribution in [0.4, 0.5) is 13.2 Å². The average Bonchev–Trinajstić information content (AvgIpc) is 2.80. The van der Waals surface area contributed by atoms with E-state index in [0.29, 0.717) is 0 Å². The molecule has 1 aliphatic rings. The molecule has 3 nitrogen and oxygen atoms in total. The minimum absolute atomic E-state index is 0.00666. The van der Waals surface area contributed by atoms with Gasteiger partial charge < -0.3 is 10.0 Å². The number of aliphatic hydroxyl groups is 1. The maximum Gasteiger partial charge on any atom is 0.416 e. The molecule has 0 spiro atoms. The first-order valence-corrected chi connectivity index (χ1v) is 6.42. The van der Waals surface area contributed by atoms with Gasteiger partial charge >= 0.3 is 6.18 Å². The summed E-state index contributed by atoms with van der Waals surface area (Å²) in [5.74, 6) is 4.17. The zero-order valence-corrected chi connectivity index (χ0v) is 11.3. The van der Waals surface area contributed by atoms with Crippen molar-refractivity contribution in [3.8, 4) is 11.8 Å². The van der Waals surface area contributed by atoms with Crippen LogP contribution >= 0.6 is 0 Å². The number of hydrogen-bond donors (Lipinski definition) is 1. The van der Waals surface area contributed by atoms with Gasteiger partial charge in [0.15, 0.2) is 0 Å². The average molecular weight is 297 g/mol. The van der Waals surface area contributed by atoms with E-state index in [0.717, 1.165) is 6.07 Å². The maximum atomic E-state index is 13.1. The summed E-state index contributed by atoms with van der Waals surface area (Å²) in [4.78, 5) is 13.1. The Hall–Kier alpha value is -2.00. The summed E-state index contributed by atoms with van der Waals surface area (Å²) in [5, 5.41) is 9.72. The molecule has 0 saturated carbocycles. The van der Waals surface area contributed by atoms with Gasteiger partial charge in [0.05, 0.1) is 17.7 Å². The second-order valence-electron chi connectivity index (χ2n) is 4.82. The number of halogens is 3. The van der Waals surface area contributed by atoms with E-state index in [1.165, 1.54) is 30.0 Å². The topological polar surface area (TPSA) is 40.5 Å². The van der Waals surface area contributed by atoms with Gasteiger partial charge in [0.2, 0.25) is 0 Å². The number of alkyl halides is 3. The lowest BCUT2D eigenvalue weighted by Crippen LogP contribution is -2.31. The van der Waals surface area contributed by atoms with Gasteiger partial charge in [-0.2, -0.15) is 13.2 Å². The van der Waals surface area contributed by atoms with Crippen molar-refractivity contribution >= 4 is 5.91 Å². The highest BCUT2D eigenvalue weighted by Gasteiger charge is 2.41. The molecule has 21 heavy (non-hydrogen) atoms. The second-order valence-corrected chi connectivity index (χ2v) is 4.82. The van der Waals surface area contributed by atoms with Crippen molar-refractivity contribution in [2.75, 3.05) is 6.54 Å². The Bertz CT molecular complexity index is 601.